The van der Waals surface area contributed by atoms with E-state index in [-0.39, 0.29) is 31.5 Å². The zero-order chi connectivity index (χ0) is 15.1. The monoisotopic (exact) mass is 309 g/mol. The highest BCUT2D eigenvalue weighted by Crippen LogP contribution is 2.29. The van der Waals surface area contributed by atoms with Crippen LogP contribution in [0.25, 0.3) is 0 Å². The van der Waals surface area contributed by atoms with E-state index in [4.69, 9.17) is 5.11 Å². The lowest BCUT2D eigenvalue weighted by molar-refractivity contribution is -0.140. The molecule has 0 amide bonds. The summed E-state index contributed by atoms with van der Waals surface area (Å²) in [4.78, 5) is 9.63. The molecule has 0 unspecified atom stereocenters. The van der Waals surface area contributed by atoms with E-state index in [0.717, 1.165) is 0 Å². The molecule has 9 heteroatoms. The second kappa shape index (κ2) is 5.06. The van der Waals surface area contributed by atoms with Gasteiger partial charge in [0.15, 0.2) is 4.90 Å². The van der Waals surface area contributed by atoms with E-state index < -0.39 is 44.4 Å². The Balaban J connectivity index is 2.54. The Morgan fingerprint density at radius 1 is 1.25 bits per heavy atom. The summed E-state index contributed by atoms with van der Waals surface area (Å²) in [5.41, 5.74) is 0. The van der Waals surface area contributed by atoms with E-state index in [0.29, 0.717) is 4.31 Å². The maximum Gasteiger partial charge on any atom is 0.322 e. The Morgan fingerprint density at radius 2 is 1.80 bits per heavy atom. The molecule has 0 aromatic heterocycles. The van der Waals surface area contributed by atoms with Crippen LogP contribution in [0.5, 0.6) is 0 Å². The van der Waals surface area contributed by atoms with Gasteiger partial charge in [-0.15, -0.1) is 0 Å². The van der Waals surface area contributed by atoms with Gasteiger partial charge >= 0.3 is 5.97 Å². The topological polar surface area (TPSA) is 74.7 Å². The van der Waals surface area contributed by atoms with Crippen LogP contribution < -0.4 is 0 Å². The molecular weight excluding hydrogens is 299 g/mol. The minimum absolute atomic E-state index is 0.0546. The predicted molar refractivity (Wildman–Crippen MR) is 60.9 cm³/mol. The first kappa shape index (κ1) is 14.8. The van der Waals surface area contributed by atoms with E-state index in [1.165, 1.54) is 0 Å². The summed E-state index contributed by atoms with van der Waals surface area (Å²) in [7, 11) is -4.68. The Morgan fingerprint density at radius 3 is 2.30 bits per heavy atom. The zero-order valence-corrected chi connectivity index (χ0v) is 10.8. The van der Waals surface area contributed by atoms with Crippen LogP contribution in [0, 0.1) is 17.5 Å². The minimum atomic E-state index is -4.68. The molecule has 0 radical (unpaired) electrons. The average molecular weight is 309 g/mol. The smallest absolute Gasteiger partial charge is 0.322 e. The Bertz CT molecular complexity index is 639. The lowest BCUT2D eigenvalue weighted by atomic mass is 10.2. The molecule has 110 valence electrons. The van der Waals surface area contributed by atoms with Gasteiger partial charge in [-0.3, -0.25) is 4.79 Å². The van der Waals surface area contributed by atoms with Gasteiger partial charge in [0.2, 0.25) is 10.0 Å². The molecular formula is C11H10F3NO4S. The predicted octanol–water partition coefficient (Wildman–Crippen LogP) is 1.34. The largest absolute Gasteiger partial charge is 0.480 e. The molecule has 1 atom stereocenters. The first-order valence-electron chi connectivity index (χ1n) is 5.64. The highest BCUT2D eigenvalue weighted by molar-refractivity contribution is 7.89. The molecule has 20 heavy (non-hydrogen) atoms. The first-order chi connectivity index (χ1) is 9.25. The van der Waals surface area contributed by atoms with Crippen LogP contribution in [0.2, 0.25) is 0 Å². The van der Waals surface area contributed by atoms with Gasteiger partial charge in [-0.05, 0) is 12.8 Å². The Labute approximate surface area is 112 Å². The minimum Gasteiger partial charge on any atom is -0.480 e. The van der Waals surface area contributed by atoms with Gasteiger partial charge < -0.3 is 5.11 Å². The molecule has 2 rings (SSSR count). The molecule has 1 saturated heterocycles. The summed E-state index contributed by atoms with van der Waals surface area (Å²) in [6.45, 7) is -0.157. The molecule has 0 spiro atoms. The van der Waals surface area contributed by atoms with Crippen molar-refractivity contribution in [1.29, 1.82) is 0 Å². The molecule has 1 aliphatic heterocycles. The molecule has 1 heterocycles. The summed E-state index contributed by atoms with van der Waals surface area (Å²) in [6.07, 6.45) is 0.319. The maximum atomic E-state index is 13.6. The van der Waals surface area contributed by atoms with E-state index in [1.807, 2.05) is 0 Å². The fraction of sp³-hybridized carbons (Fsp3) is 0.364. The third-order valence-electron chi connectivity index (χ3n) is 3.02. The van der Waals surface area contributed by atoms with Crippen LogP contribution in [0.4, 0.5) is 13.2 Å². The zero-order valence-electron chi connectivity index (χ0n) is 10.0. The van der Waals surface area contributed by atoms with Crippen LogP contribution >= 0.6 is 0 Å². The van der Waals surface area contributed by atoms with Gasteiger partial charge in [-0.2, -0.15) is 4.31 Å². The second-order valence-corrected chi connectivity index (χ2v) is 6.14. The molecule has 1 fully saturated rings. The number of carbonyl (C=O) groups is 1. The third-order valence-corrected chi connectivity index (χ3v) is 4.98. The summed E-state index contributed by atoms with van der Waals surface area (Å²) in [5, 5.41) is 8.92. The lowest BCUT2D eigenvalue weighted by Crippen LogP contribution is -2.41. The number of nitrogens with zero attached hydrogens (tertiary/aromatic N) is 1. The Hall–Kier alpha value is -1.61. The summed E-state index contributed by atoms with van der Waals surface area (Å²) in [5.74, 6) is -5.82. The van der Waals surface area contributed by atoms with Crippen molar-refractivity contribution in [1.82, 2.24) is 4.31 Å². The van der Waals surface area contributed by atoms with Crippen molar-refractivity contribution >= 4 is 16.0 Å². The number of halogens is 3. The Kier molecular flexibility index (Phi) is 3.74. The highest BCUT2D eigenvalue weighted by Gasteiger charge is 2.42. The fourth-order valence-electron chi connectivity index (χ4n) is 2.17. The number of hydrogen-bond acceptors (Lipinski definition) is 3. The van der Waals surface area contributed by atoms with E-state index in [2.05, 4.69) is 0 Å². The van der Waals surface area contributed by atoms with Gasteiger partial charge in [-0.1, -0.05) is 0 Å². The number of rotatable bonds is 3. The van der Waals surface area contributed by atoms with Crippen molar-refractivity contribution in [2.24, 2.45) is 0 Å². The summed E-state index contributed by atoms with van der Waals surface area (Å²) < 4.78 is 64.8. The molecule has 0 bridgehead atoms. The van der Waals surface area contributed by atoms with E-state index in [9.17, 15) is 26.4 Å². The van der Waals surface area contributed by atoms with E-state index in [1.54, 1.807) is 0 Å². The second-order valence-electron chi connectivity index (χ2n) is 4.31. The van der Waals surface area contributed by atoms with E-state index >= 15 is 0 Å². The standard InChI is InChI=1S/C11H10F3NO4S/c12-6-4-7(13)10(8(14)5-6)20(18,19)15-3-1-2-9(15)11(16)17/h4-5,9H,1-3H2,(H,16,17)/t9-/m1/s1. The SMILES string of the molecule is O=C(O)[C@H]1CCCN1S(=O)(=O)c1c(F)cc(F)cc1F. The van der Waals surface area contributed by atoms with Crippen LogP contribution in [0.15, 0.2) is 17.0 Å². The molecule has 1 N–H and O–H groups in total. The average Bonchev–Trinajstić information content (AvgIpc) is 2.75. The van der Waals surface area contributed by atoms with Crippen molar-refractivity contribution < 1.29 is 31.5 Å². The summed E-state index contributed by atoms with van der Waals surface area (Å²) in [6, 6.07) is -0.896. The quantitative estimate of drug-likeness (QED) is 0.914. The first-order valence-corrected chi connectivity index (χ1v) is 7.08. The number of sulfonamides is 1. The van der Waals surface area contributed by atoms with Crippen molar-refractivity contribution in [3.8, 4) is 0 Å². The molecule has 1 aromatic carbocycles. The van der Waals surface area contributed by atoms with Crippen molar-refractivity contribution in [3.63, 3.8) is 0 Å². The number of hydrogen-bond donors (Lipinski definition) is 1. The molecule has 0 saturated carbocycles. The van der Waals surface area contributed by atoms with Gasteiger partial charge in [-0.25, -0.2) is 21.6 Å². The highest BCUT2D eigenvalue weighted by atomic mass is 32.2. The van der Waals surface area contributed by atoms with Gasteiger partial charge in [0.25, 0.3) is 0 Å². The van der Waals surface area contributed by atoms with Crippen molar-refractivity contribution in [2.75, 3.05) is 6.54 Å². The molecule has 1 aliphatic rings. The number of benzene rings is 1. The summed E-state index contributed by atoms with van der Waals surface area (Å²) >= 11 is 0. The fourth-order valence-corrected chi connectivity index (χ4v) is 3.91. The van der Waals surface area contributed by atoms with Crippen LogP contribution in [0.1, 0.15) is 12.8 Å². The number of aliphatic carboxylic acids is 1. The van der Waals surface area contributed by atoms with Gasteiger partial charge in [0.1, 0.15) is 23.5 Å². The number of carboxylic acids is 1. The van der Waals surface area contributed by atoms with Crippen molar-refractivity contribution in [3.05, 3.63) is 29.6 Å². The molecule has 0 aliphatic carbocycles. The normalized spacial score (nSPS) is 20.2. The number of carboxylic acid groups (broad SMARTS) is 1. The lowest BCUT2D eigenvalue weighted by Gasteiger charge is -2.21. The maximum absolute atomic E-state index is 13.6. The third kappa shape index (κ3) is 2.38. The van der Waals surface area contributed by atoms with Crippen LogP contribution in [0.3, 0.4) is 0 Å². The van der Waals surface area contributed by atoms with Crippen molar-refractivity contribution in [2.45, 2.75) is 23.8 Å². The molecule has 5 nitrogen and oxygen atoms in total. The molecule has 1 aromatic rings. The van der Waals surface area contributed by atoms with Crippen LogP contribution in [-0.2, 0) is 14.8 Å². The van der Waals surface area contributed by atoms with Crippen LogP contribution in [-0.4, -0.2) is 36.4 Å². The van der Waals surface area contributed by atoms with Gasteiger partial charge in [0, 0.05) is 18.7 Å². The van der Waals surface area contributed by atoms with Gasteiger partial charge in [0.05, 0.1) is 0 Å².